The van der Waals surface area contributed by atoms with E-state index in [-0.39, 0.29) is 18.5 Å². The van der Waals surface area contributed by atoms with E-state index in [0.717, 1.165) is 32.7 Å². The van der Waals surface area contributed by atoms with E-state index >= 15 is 0 Å². The molecule has 29 heavy (non-hydrogen) atoms. The number of guanidine groups is 1. The van der Waals surface area contributed by atoms with Crippen molar-refractivity contribution in [3.8, 4) is 0 Å². The van der Waals surface area contributed by atoms with Crippen molar-refractivity contribution in [3.05, 3.63) is 35.9 Å². The van der Waals surface area contributed by atoms with Gasteiger partial charge < -0.3 is 20.3 Å². The van der Waals surface area contributed by atoms with Crippen LogP contribution in [0.5, 0.6) is 0 Å². The van der Waals surface area contributed by atoms with Crippen molar-refractivity contribution in [2.75, 3.05) is 60.0 Å². The van der Waals surface area contributed by atoms with Crippen molar-refractivity contribution in [3.63, 3.8) is 0 Å². The molecule has 0 heterocycles. The molecule has 0 bridgehead atoms. The first-order chi connectivity index (χ1) is 14.0. The van der Waals surface area contributed by atoms with Gasteiger partial charge in [-0.25, -0.2) is 4.99 Å². The van der Waals surface area contributed by atoms with Gasteiger partial charge in [0.15, 0.2) is 5.96 Å². The van der Waals surface area contributed by atoms with Gasteiger partial charge in [0.25, 0.3) is 0 Å². The number of nitrogens with zero attached hydrogens (tertiary/aromatic N) is 3. The molecule has 1 amide bonds. The highest BCUT2D eigenvalue weighted by molar-refractivity contribution is 5.84. The van der Waals surface area contributed by atoms with Gasteiger partial charge in [-0.2, -0.15) is 0 Å². The van der Waals surface area contributed by atoms with Crippen LogP contribution in [0, 0.1) is 0 Å². The number of amides is 1. The zero-order chi connectivity index (χ0) is 21.5. The molecular formula is C22H39N5O2. The van der Waals surface area contributed by atoms with E-state index in [1.165, 1.54) is 5.56 Å². The molecule has 0 fully saturated rings. The molecule has 7 nitrogen and oxygen atoms in total. The van der Waals surface area contributed by atoms with E-state index in [1.807, 2.05) is 13.0 Å². The van der Waals surface area contributed by atoms with Gasteiger partial charge in [0.05, 0.1) is 6.04 Å². The highest BCUT2D eigenvalue weighted by Gasteiger charge is 2.18. The molecule has 1 unspecified atom stereocenters. The molecule has 1 atom stereocenters. The summed E-state index contributed by atoms with van der Waals surface area (Å²) >= 11 is 0. The van der Waals surface area contributed by atoms with Crippen LogP contribution in [-0.4, -0.2) is 81.7 Å². The number of rotatable bonds is 13. The molecule has 164 valence electrons. The molecule has 1 aromatic carbocycles. The van der Waals surface area contributed by atoms with Crippen LogP contribution >= 0.6 is 0 Å². The summed E-state index contributed by atoms with van der Waals surface area (Å²) in [4.78, 5) is 20.4. The Balaban J connectivity index is 2.81. The minimum Gasteiger partial charge on any atom is -0.382 e. The summed E-state index contributed by atoms with van der Waals surface area (Å²) in [6, 6.07) is 10.7. The van der Waals surface area contributed by atoms with Crippen molar-refractivity contribution < 1.29 is 9.53 Å². The van der Waals surface area contributed by atoms with Crippen LogP contribution in [0.25, 0.3) is 0 Å². The average Bonchev–Trinajstić information content (AvgIpc) is 2.74. The van der Waals surface area contributed by atoms with Gasteiger partial charge in [0.2, 0.25) is 5.91 Å². The minimum absolute atomic E-state index is 0.0243. The highest BCUT2D eigenvalue weighted by atomic mass is 16.5. The quantitative estimate of drug-likeness (QED) is 0.299. The molecule has 0 radical (unpaired) electrons. The van der Waals surface area contributed by atoms with Crippen molar-refractivity contribution in [2.45, 2.75) is 33.2 Å². The summed E-state index contributed by atoms with van der Waals surface area (Å²) in [5.74, 6) is 0.633. The van der Waals surface area contributed by atoms with Gasteiger partial charge in [0.1, 0.15) is 6.54 Å². The van der Waals surface area contributed by atoms with Crippen molar-refractivity contribution >= 4 is 11.9 Å². The Bertz CT molecular complexity index is 588. The van der Waals surface area contributed by atoms with Crippen molar-refractivity contribution in [1.29, 1.82) is 0 Å². The zero-order valence-corrected chi connectivity index (χ0v) is 18.8. The van der Waals surface area contributed by atoms with Gasteiger partial charge in [-0.05, 0) is 32.0 Å². The number of carbonyl (C=O) groups is 1. The van der Waals surface area contributed by atoms with Crippen LogP contribution in [0.1, 0.15) is 38.8 Å². The van der Waals surface area contributed by atoms with Crippen LogP contribution in [-0.2, 0) is 9.53 Å². The van der Waals surface area contributed by atoms with Gasteiger partial charge in [-0.1, -0.05) is 44.2 Å². The summed E-state index contributed by atoms with van der Waals surface area (Å²) in [6.45, 7) is 11.3. The second kappa shape index (κ2) is 14.8. The standard InChI is InChI=1S/C22H39N5O2/c1-6-27(7-2)20(19-13-10-9-11-14-19)17-24-22(23-15-12-16-29-8-3)25-18-21(28)26(4)5/h9-11,13-14,20H,6-8,12,15-18H2,1-5H3,(H2,23,24,25). The number of hydrogen-bond acceptors (Lipinski definition) is 4. The molecule has 0 aliphatic heterocycles. The van der Waals surface area contributed by atoms with E-state index in [0.29, 0.717) is 19.1 Å². The van der Waals surface area contributed by atoms with E-state index in [4.69, 9.17) is 4.74 Å². The van der Waals surface area contributed by atoms with Crippen LogP contribution in [0.3, 0.4) is 0 Å². The molecule has 2 N–H and O–H groups in total. The molecule has 1 aromatic rings. The third kappa shape index (κ3) is 9.76. The van der Waals surface area contributed by atoms with E-state index in [1.54, 1.807) is 19.0 Å². The number of ether oxygens (including phenoxy) is 1. The van der Waals surface area contributed by atoms with Crippen molar-refractivity contribution in [1.82, 2.24) is 20.4 Å². The van der Waals surface area contributed by atoms with Gasteiger partial charge >= 0.3 is 0 Å². The summed E-state index contributed by atoms with van der Waals surface area (Å²) in [5.41, 5.74) is 1.27. The monoisotopic (exact) mass is 405 g/mol. The Labute approximate surface area is 176 Å². The third-order valence-electron chi connectivity index (χ3n) is 4.73. The molecule has 7 heteroatoms. The predicted molar refractivity (Wildman–Crippen MR) is 120 cm³/mol. The number of aliphatic imine (C=N–C) groups is 1. The average molecular weight is 406 g/mol. The number of carbonyl (C=O) groups excluding carboxylic acids is 1. The van der Waals surface area contributed by atoms with Crippen LogP contribution < -0.4 is 10.6 Å². The normalized spacial score (nSPS) is 12.7. The summed E-state index contributed by atoms with van der Waals surface area (Å²) < 4.78 is 5.39. The lowest BCUT2D eigenvalue weighted by molar-refractivity contribution is -0.127. The van der Waals surface area contributed by atoms with Gasteiger partial charge in [-0.15, -0.1) is 0 Å². The molecule has 0 saturated carbocycles. The SMILES string of the molecule is CCOCCCNC(=NCC(=O)N(C)C)NCC(c1ccccc1)N(CC)CC. The summed E-state index contributed by atoms with van der Waals surface area (Å²) in [6.07, 6.45) is 0.883. The Hall–Kier alpha value is -2.12. The predicted octanol–water partition coefficient (Wildman–Crippen LogP) is 2.12. The number of benzene rings is 1. The topological polar surface area (TPSA) is 69.2 Å². The maximum atomic E-state index is 12.0. The summed E-state index contributed by atoms with van der Waals surface area (Å²) in [5, 5.41) is 6.76. The first kappa shape index (κ1) is 24.9. The fraction of sp³-hybridized carbons (Fsp3) is 0.636. The third-order valence-corrected chi connectivity index (χ3v) is 4.73. The molecule has 1 rings (SSSR count). The number of nitrogens with one attached hydrogen (secondary N) is 2. The molecule has 0 saturated heterocycles. The Morgan fingerprint density at radius 1 is 1.10 bits per heavy atom. The maximum absolute atomic E-state index is 12.0. The lowest BCUT2D eigenvalue weighted by atomic mass is 10.1. The lowest BCUT2D eigenvalue weighted by Gasteiger charge is -2.31. The first-order valence-electron chi connectivity index (χ1n) is 10.6. The zero-order valence-electron chi connectivity index (χ0n) is 18.8. The maximum Gasteiger partial charge on any atom is 0.243 e. The largest absolute Gasteiger partial charge is 0.382 e. The molecule has 0 spiro atoms. The summed E-state index contributed by atoms with van der Waals surface area (Å²) in [7, 11) is 3.48. The van der Waals surface area contributed by atoms with Crippen LogP contribution in [0.4, 0.5) is 0 Å². The first-order valence-corrected chi connectivity index (χ1v) is 10.6. The van der Waals surface area contributed by atoms with E-state index in [9.17, 15) is 4.79 Å². The lowest BCUT2D eigenvalue weighted by Crippen LogP contribution is -2.44. The second-order valence-corrected chi connectivity index (χ2v) is 6.96. The number of likely N-dealkylation sites (N-methyl/N-ethyl adjacent to an activating group) is 2. The van der Waals surface area contributed by atoms with Crippen LogP contribution in [0.2, 0.25) is 0 Å². The van der Waals surface area contributed by atoms with Crippen molar-refractivity contribution in [2.24, 2.45) is 4.99 Å². The number of hydrogen-bond donors (Lipinski definition) is 2. The second-order valence-electron chi connectivity index (χ2n) is 6.96. The molecule has 0 aromatic heterocycles. The fourth-order valence-electron chi connectivity index (χ4n) is 2.98. The Morgan fingerprint density at radius 2 is 1.79 bits per heavy atom. The Kier molecular flexibility index (Phi) is 12.7. The van der Waals surface area contributed by atoms with Gasteiger partial charge in [-0.3, -0.25) is 9.69 Å². The highest BCUT2D eigenvalue weighted by Crippen LogP contribution is 2.19. The van der Waals surface area contributed by atoms with E-state index < -0.39 is 0 Å². The molecule has 0 aliphatic carbocycles. The molecule has 0 aliphatic rings. The molecular weight excluding hydrogens is 366 g/mol. The van der Waals surface area contributed by atoms with Gasteiger partial charge in [0, 0.05) is 40.4 Å². The minimum atomic E-state index is -0.0243. The smallest absolute Gasteiger partial charge is 0.243 e. The van der Waals surface area contributed by atoms with Crippen LogP contribution in [0.15, 0.2) is 35.3 Å². The van der Waals surface area contributed by atoms with E-state index in [2.05, 4.69) is 58.6 Å². The fourth-order valence-corrected chi connectivity index (χ4v) is 2.98. The Morgan fingerprint density at radius 3 is 2.38 bits per heavy atom.